The third-order valence-electron chi connectivity index (χ3n) is 2.99. The van der Waals surface area contributed by atoms with E-state index < -0.39 is 0 Å². The minimum atomic E-state index is 0.235. The van der Waals surface area contributed by atoms with Crippen molar-refractivity contribution in [2.24, 2.45) is 10.2 Å². The molecule has 0 amide bonds. The summed E-state index contributed by atoms with van der Waals surface area (Å²) in [6.45, 7) is 0. The quantitative estimate of drug-likeness (QED) is 0.551. The number of nitrogens with one attached hydrogen (secondary N) is 2. The van der Waals surface area contributed by atoms with Crippen LogP contribution in [-0.4, -0.2) is 20.6 Å². The summed E-state index contributed by atoms with van der Waals surface area (Å²) in [4.78, 5) is 0. The fourth-order valence-electron chi connectivity index (χ4n) is 1.81. The van der Waals surface area contributed by atoms with Gasteiger partial charge in [-0.2, -0.15) is 20.7 Å². The molecule has 0 atom stereocenters. The number of tetrazole rings is 1. The van der Waals surface area contributed by atoms with Crippen molar-refractivity contribution in [3.05, 3.63) is 66.6 Å². The van der Waals surface area contributed by atoms with Gasteiger partial charge in [0.05, 0.1) is 11.4 Å². The molecule has 24 heavy (non-hydrogen) atoms. The molecule has 0 fully saturated rings. The van der Waals surface area contributed by atoms with Crippen molar-refractivity contribution >= 4 is 22.6 Å². The number of hydrogen-bond acceptors (Lipinski definition) is 7. The van der Waals surface area contributed by atoms with Gasteiger partial charge in [0, 0.05) is 11.9 Å². The number of hydrogen-bond donors (Lipinski definition) is 2. The van der Waals surface area contributed by atoms with Gasteiger partial charge in [0.1, 0.15) is 11.6 Å². The molecule has 0 bridgehead atoms. The van der Waals surface area contributed by atoms with Crippen molar-refractivity contribution in [1.82, 2.24) is 20.6 Å². The Bertz CT molecular complexity index is 874. The Morgan fingerprint density at radius 3 is 2.38 bits per heavy atom. The summed E-state index contributed by atoms with van der Waals surface area (Å²) in [5.41, 5.74) is 2.59. The van der Waals surface area contributed by atoms with Gasteiger partial charge in [-0.15, -0.1) is 10.2 Å². The molecule has 3 aromatic rings. The molecule has 0 saturated heterocycles. The van der Waals surface area contributed by atoms with Gasteiger partial charge in [0.25, 0.3) is 0 Å². The van der Waals surface area contributed by atoms with Gasteiger partial charge < -0.3 is 5.32 Å². The van der Waals surface area contributed by atoms with E-state index >= 15 is 0 Å². The Labute approximate surface area is 137 Å². The molecule has 1 heterocycles. The molecule has 0 spiro atoms. The van der Waals surface area contributed by atoms with Crippen LogP contribution in [0.4, 0.5) is 17.1 Å². The molecule has 0 aliphatic rings. The number of aromatic amines is 1. The zero-order chi connectivity index (χ0) is 16.6. The van der Waals surface area contributed by atoms with Gasteiger partial charge in [-0.3, -0.25) is 0 Å². The van der Waals surface area contributed by atoms with Crippen LogP contribution in [0.15, 0.2) is 71.0 Å². The van der Waals surface area contributed by atoms with E-state index in [9.17, 15) is 0 Å². The maximum absolute atomic E-state index is 9.09. The molecular weight excluding hydrogens is 304 g/mol. The normalized spacial score (nSPS) is 11.4. The van der Waals surface area contributed by atoms with Crippen LogP contribution in [-0.2, 0) is 0 Å². The summed E-state index contributed by atoms with van der Waals surface area (Å²) in [6, 6.07) is 18.8. The fourth-order valence-corrected chi connectivity index (χ4v) is 1.81. The van der Waals surface area contributed by atoms with Crippen molar-refractivity contribution < 1.29 is 0 Å². The van der Waals surface area contributed by atoms with Crippen LogP contribution >= 0.6 is 0 Å². The average Bonchev–Trinajstić information content (AvgIpc) is 3.17. The van der Waals surface area contributed by atoms with Crippen molar-refractivity contribution in [3.8, 4) is 6.07 Å². The van der Waals surface area contributed by atoms with Crippen molar-refractivity contribution in [2.75, 3.05) is 5.32 Å². The topological polar surface area (TPSA) is 115 Å². The lowest BCUT2D eigenvalue weighted by Crippen LogP contribution is -1.92. The minimum absolute atomic E-state index is 0.235. The highest BCUT2D eigenvalue weighted by atomic mass is 15.5. The molecule has 0 saturated carbocycles. The van der Waals surface area contributed by atoms with E-state index in [2.05, 4.69) is 36.2 Å². The minimum Gasteiger partial charge on any atom is -0.360 e. The number of H-pyrrole nitrogens is 1. The first-order valence-electron chi connectivity index (χ1n) is 7.02. The van der Waals surface area contributed by atoms with Crippen LogP contribution in [0.25, 0.3) is 5.57 Å². The van der Waals surface area contributed by atoms with E-state index in [0.717, 1.165) is 17.1 Å². The molecule has 0 aliphatic carbocycles. The number of aromatic nitrogens is 4. The Kier molecular flexibility index (Phi) is 4.65. The first-order chi connectivity index (χ1) is 11.8. The second-order valence-corrected chi connectivity index (χ2v) is 4.63. The third-order valence-corrected chi connectivity index (χ3v) is 2.99. The van der Waals surface area contributed by atoms with Gasteiger partial charge in [-0.25, -0.2) is 0 Å². The van der Waals surface area contributed by atoms with Crippen molar-refractivity contribution in [2.45, 2.75) is 0 Å². The largest absolute Gasteiger partial charge is 0.360 e. The number of anilines is 1. The molecular formula is C16H12N8. The molecule has 0 unspecified atom stereocenters. The second-order valence-electron chi connectivity index (χ2n) is 4.63. The van der Waals surface area contributed by atoms with E-state index in [1.54, 1.807) is 0 Å². The predicted molar refractivity (Wildman–Crippen MR) is 88.5 cm³/mol. The highest BCUT2D eigenvalue weighted by Crippen LogP contribution is 2.20. The van der Waals surface area contributed by atoms with Crippen molar-refractivity contribution in [3.63, 3.8) is 0 Å². The molecule has 3 rings (SSSR count). The number of rotatable bonds is 5. The summed E-state index contributed by atoms with van der Waals surface area (Å²) in [5.74, 6) is 0.235. The van der Waals surface area contributed by atoms with Crippen molar-refractivity contribution in [1.29, 1.82) is 5.26 Å². The lowest BCUT2D eigenvalue weighted by Gasteiger charge is -2.01. The van der Waals surface area contributed by atoms with E-state index in [-0.39, 0.29) is 11.4 Å². The predicted octanol–water partition coefficient (Wildman–Crippen LogP) is 3.59. The first-order valence-corrected chi connectivity index (χ1v) is 7.02. The van der Waals surface area contributed by atoms with Crippen LogP contribution in [0.5, 0.6) is 0 Å². The molecule has 0 radical (unpaired) electrons. The number of benzene rings is 2. The number of nitriles is 1. The zero-order valence-corrected chi connectivity index (χ0v) is 12.5. The molecule has 2 aromatic carbocycles. The summed E-state index contributed by atoms with van der Waals surface area (Å²) in [5, 5.41) is 33.7. The molecule has 1 aromatic heterocycles. The Morgan fingerprint density at radius 2 is 1.75 bits per heavy atom. The zero-order valence-electron chi connectivity index (χ0n) is 12.5. The summed E-state index contributed by atoms with van der Waals surface area (Å²) in [6.07, 6.45) is 1.52. The number of azo groups is 1. The smallest absolute Gasteiger partial charge is 0.216 e. The van der Waals surface area contributed by atoms with Crippen LogP contribution in [0.2, 0.25) is 0 Å². The maximum Gasteiger partial charge on any atom is 0.216 e. The highest BCUT2D eigenvalue weighted by Gasteiger charge is 2.05. The van der Waals surface area contributed by atoms with Gasteiger partial charge in [0.2, 0.25) is 5.82 Å². The molecule has 2 N–H and O–H groups in total. The number of nitrogens with zero attached hydrogens (tertiary/aromatic N) is 6. The lowest BCUT2D eigenvalue weighted by molar-refractivity contribution is 0.881. The van der Waals surface area contributed by atoms with Crippen LogP contribution in [0.1, 0.15) is 5.82 Å². The Morgan fingerprint density at radius 1 is 1.04 bits per heavy atom. The summed E-state index contributed by atoms with van der Waals surface area (Å²) >= 11 is 0. The molecule has 0 aliphatic heterocycles. The molecule has 116 valence electrons. The van der Waals surface area contributed by atoms with Crippen LogP contribution in [0.3, 0.4) is 0 Å². The standard InChI is InChI=1S/C16H12N8/c17-10-12(16-21-23-24-22-16)11-18-13-6-8-15(9-7-13)20-19-14-4-2-1-3-5-14/h1-9,11,18H,(H,21,22,23,24). The highest BCUT2D eigenvalue weighted by molar-refractivity contribution is 5.74. The lowest BCUT2D eigenvalue weighted by atomic mass is 10.2. The van der Waals surface area contributed by atoms with Gasteiger partial charge >= 0.3 is 0 Å². The third kappa shape index (κ3) is 3.86. The number of allylic oxidation sites excluding steroid dienone is 1. The first kappa shape index (κ1) is 15.1. The monoisotopic (exact) mass is 316 g/mol. The van der Waals surface area contributed by atoms with Gasteiger partial charge in [0.15, 0.2) is 0 Å². The van der Waals surface area contributed by atoms with E-state index in [1.807, 2.05) is 60.7 Å². The van der Waals surface area contributed by atoms with Crippen LogP contribution < -0.4 is 5.32 Å². The molecule has 8 nitrogen and oxygen atoms in total. The Balaban J connectivity index is 1.67. The Hall–Kier alpha value is -3.86. The molecule has 8 heteroatoms. The maximum atomic E-state index is 9.09. The fraction of sp³-hybridized carbons (Fsp3) is 0. The average molecular weight is 316 g/mol. The summed E-state index contributed by atoms with van der Waals surface area (Å²) in [7, 11) is 0. The van der Waals surface area contributed by atoms with E-state index in [1.165, 1.54) is 6.20 Å². The van der Waals surface area contributed by atoms with Gasteiger partial charge in [-0.05, 0) is 41.6 Å². The summed E-state index contributed by atoms with van der Waals surface area (Å²) < 4.78 is 0. The van der Waals surface area contributed by atoms with E-state index in [4.69, 9.17) is 5.26 Å². The van der Waals surface area contributed by atoms with Crippen LogP contribution in [0, 0.1) is 11.3 Å². The van der Waals surface area contributed by atoms with E-state index in [0.29, 0.717) is 0 Å². The van der Waals surface area contributed by atoms with Gasteiger partial charge in [-0.1, -0.05) is 18.2 Å². The SMILES string of the molecule is N#CC(=CNc1ccc(N=Nc2ccccc2)cc1)c1nn[nH]n1. The second kappa shape index (κ2) is 7.42.